The first-order valence-electron chi connectivity index (χ1n) is 7.91. The summed E-state index contributed by atoms with van der Waals surface area (Å²) < 4.78 is 16.7. The lowest BCUT2D eigenvalue weighted by atomic mass is 10.0. The quantitative estimate of drug-likeness (QED) is 0.847. The number of para-hydroxylation sites is 1. The molecule has 0 saturated carbocycles. The molecule has 0 radical (unpaired) electrons. The summed E-state index contributed by atoms with van der Waals surface area (Å²) in [7, 11) is 0.930. The van der Waals surface area contributed by atoms with Crippen LogP contribution in [0.25, 0.3) is 0 Å². The number of nitrogens with zero attached hydrogens (tertiary/aromatic N) is 1. The maximum atomic E-state index is 12.2. The molecule has 2 rings (SSSR count). The van der Waals surface area contributed by atoms with Crippen LogP contribution in [0.3, 0.4) is 0 Å². The highest BCUT2D eigenvalue weighted by atomic mass is 32.2. The lowest BCUT2D eigenvalue weighted by molar-refractivity contribution is -0.121. The van der Waals surface area contributed by atoms with Crippen LogP contribution >= 0.6 is 0 Å². The third kappa shape index (κ3) is 5.04. The number of hydrogen-bond donors (Lipinski definition) is 1. The molecule has 1 heterocycles. The van der Waals surface area contributed by atoms with Crippen LogP contribution in [0.4, 0.5) is 0 Å². The van der Waals surface area contributed by atoms with Gasteiger partial charge in [-0.15, -0.1) is 0 Å². The highest BCUT2D eigenvalue weighted by Gasteiger charge is 2.29. The van der Waals surface area contributed by atoms with E-state index in [2.05, 4.69) is 24.1 Å². The molecule has 1 fully saturated rings. The van der Waals surface area contributed by atoms with E-state index in [1.54, 1.807) is 7.11 Å². The van der Waals surface area contributed by atoms with E-state index >= 15 is 0 Å². The van der Waals surface area contributed by atoms with Crippen molar-refractivity contribution in [3.05, 3.63) is 29.8 Å². The standard InChI is InChI=1S/C17H26N2O3S/c1-17(2,19-8-10-23(21)11-9-19)13-18-16(20)12-14-6-4-5-7-15(14)22-3/h4-7H,8-13H2,1-3H3,(H,18,20). The molecule has 23 heavy (non-hydrogen) atoms. The molecule has 0 aromatic heterocycles. The maximum absolute atomic E-state index is 12.2. The van der Waals surface area contributed by atoms with Crippen molar-refractivity contribution >= 4 is 16.7 Å². The Kier molecular flexibility index (Phi) is 6.18. The Bertz CT molecular complexity index is 565. The van der Waals surface area contributed by atoms with Gasteiger partial charge in [0.2, 0.25) is 5.91 Å². The van der Waals surface area contributed by atoms with Crippen molar-refractivity contribution in [2.75, 3.05) is 38.2 Å². The highest BCUT2D eigenvalue weighted by Crippen LogP contribution is 2.18. The van der Waals surface area contributed by atoms with Gasteiger partial charge in [0, 0.05) is 53.0 Å². The second-order valence-corrected chi connectivity index (χ2v) is 8.11. The Balaban J connectivity index is 1.87. The summed E-state index contributed by atoms with van der Waals surface area (Å²) >= 11 is 0. The normalized spacial score (nSPS) is 17.0. The molecular formula is C17H26N2O3S. The third-order valence-corrected chi connectivity index (χ3v) is 5.57. The largest absolute Gasteiger partial charge is 0.496 e. The molecule has 0 atom stereocenters. The topological polar surface area (TPSA) is 58.6 Å². The lowest BCUT2D eigenvalue weighted by Crippen LogP contribution is -2.55. The molecule has 128 valence electrons. The number of methoxy groups -OCH3 is 1. The number of benzene rings is 1. The van der Waals surface area contributed by atoms with Gasteiger partial charge in [-0.1, -0.05) is 18.2 Å². The van der Waals surface area contributed by atoms with E-state index in [0.717, 1.165) is 35.9 Å². The fourth-order valence-corrected chi connectivity index (χ4v) is 3.81. The minimum atomic E-state index is -0.682. The molecule has 0 bridgehead atoms. The number of rotatable bonds is 6. The first-order chi connectivity index (χ1) is 10.9. The van der Waals surface area contributed by atoms with Gasteiger partial charge in [-0.2, -0.15) is 0 Å². The zero-order chi connectivity index (χ0) is 16.9. The van der Waals surface area contributed by atoms with Crippen LogP contribution in [0, 0.1) is 0 Å². The average molecular weight is 338 g/mol. The molecule has 0 unspecified atom stereocenters. The maximum Gasteiger partial charge on any atom is 0.224 e. The van der Waals surface area contributed by atoms with Crippen LogP contribution in [0.5, 0.6) is 5.75 Å². The van der Waals surface area contributed by atoms with E-state index in [0.29, 0.717) is 13.0 Å². The summed E-state index contributed by atoms with van der Waals surface area (Å²) in [5, 5.41) is 3.02. The summed E-state index contributed by atoms with van der Waals surface area (Å²) in [6, 6.07) is 7.57. The zero-order valence-electron chi connectivity index (χ0n) is 14.1. The smallest absolute Gasteiger partial charge is 0.224 e. The Labute approximate surface area is 140 Å². The third-order valence-electron chi connectivity index (χ3n) is 4.30. The summed E-state index contributed by atoms with van der Waals surface area (Å²) in [5.74, 6) is 2.17. The minimum Gasteiger partial charge on any atom is -0.496 e. The number of carbonyl (C=O) groups excluding carboxylic acids is 1. The van der Waals surface area contributed by atoms with Crippen LogP contribution in [0.1, 0.15) is 19.4 Å². The zero-order valence-corrected chi connectivity index (χ0v) is 14.9. The molecule has 1 aliphatic rings. The van der Waals surface area contributed by atoms with Crippen molar-refractivity contribution < 1.29 is 13.7 Å². The van der Waals surface area contributed by atoms with Gasteiger partial charge in [-0.3, -0.25) is 13.9 Å². The minimum absolute atomic E-state index is 0.0110. The molecule has 0 spiro atoms. The predicted octanol–water partition coefficient (Wildman–Crippen LogP) is 1.20. The number of nitrogens with one attached hydrogen (secondary N) is 1. The first-order valence-corrected chi connectivity index (χ1v) is 9.40. The summed E-state index contributed by atoms with van der Waals surface area (Å²) in [6.07, 6.45) is 0.310. The van der Waals surface area contributed by atoms with Crippen LogP contribution in [-0.2, 0) is 22.0 Å². The monoisotopic (exact) mass is 338 g/mol. The summed E-state index contributed by atoms with van der Waals surface area (Å²) in [4.78, 5) is 14.5. The van der Waals surface area contributed by atoms with Crippen molar-refractivity contribution in [1.82, 2.24) is 10.2 Å². The van der Waals surface area contributed by atoms with E-state index in [4.69, 9.17) is 4.74 Å². The second kappa shape index (κ2) is 7.93. The molecule has 1 amide bonds. The molecule has 1 saturated heterocycles. The van der Waals surface area contributed by atoms with Crippen LogP contribution in [0.2, 0.25) is 0 Å². The second-order valence-electron chi connectivity index (χ2n) is 6.41. The number of carbonyl (C=O) groups is 1. The molecule has 1 aromatic carbocycles. The summed E-state index contributed by atoms with van der Waals surface area (Å²) in [6.45, 7) is 6.45. The van der Waals surface area contributed by atoms with Gasteiger partial charge >= 0.3 is 0 Å². The molecule has 5 nitrogen and oxygen atoms in total. The van der Waals surface area contributed by atoms with E-state index < -0.39 is 10.8 Å². The molecule has 6 heteroatoms. The van der Waals surface area contributed by atoms with E-state index in [9.17, 15) is 9.00 Å². The van der Waals surface area contributed by atoms with Crippen LogP contribution in [0.15, 0.2) is 24.3 Å². The Hall–Kier alpha value is -1.40. The first kappa shape index (κ1) is 17.9. The number of amides is 1. The van der Waals surface area contributed by atoms with E-state index in [1.807, 2.05) is 24.3 Å². The van der Waals surface area contributed by atoms with Crippen LogP contribution < -0.4 is 10.1 Å². The van der Waals surface area contributed by atoms with Gasteiger partial charge in [0.15, 0.2) is 0 Å². The summed E-state index contributed by atoms with van der Waals surface area (Å²) in [5.41, 5.74) is 0.750. The fraction of sp³-hybridized carbons (Fsp3) is 0.588. The van der Waals surface area contributed by atoms with Gasteiger partial charge in [0.25, 0.3) is 0 Å². The van der Waals surface area contributed by atoms with Gasteiger partial charge < -0.3 is 10.1 Å². The van der Waals surface area contributed by atoms with E-state index in [1.165, 1.54) is 0 Å². The van der Waals surface area contributed by atoms with Gasteiger partial charge in [-0.25, -0.2) is 0 Å². The number of ether oxygens (including phenoxy) is 1. The van der Waals surface area contributed by atoms with Crippen molar-refractivity contribution in [3.63, 3.8) is 0 Å². The van der Waals surface area contributed by atoms with Crippen molar-refractivity contribution in [2.45, 2.75) is 25.8 Å². The molecule has 1 aromatic rings. The highest BCUT2D eigenvalue weighted by molar-refractivity contribution is 7.85. The molecular weight excluding hydrogens is 312 g/mol. The number of hydrogen-bond acceptors (Lipinski definition) is 4. The van der Waals surface area contributed by atoms with Gasteiger partial charge in [0.05, 0.1) is 13.5 Å². The average Bonchev–Trinajstić information content (AvgIpc) is 2.54. The Morgan fingerprint density at radius 1 is 1.30 bits per heavy atom. The van der Waals surface area contributed by atoms with Crippen molar-refractivity contribution in [3.8, 4) is 5.75 Å². The van der Waals surface area contributed by atoms with Gasteiger partial charge in [0.1, 0.15) is 5.75 Å². The molecule has 0 aliphatic carbocycles. The van der Waals surface area contributed by atoms with E-state index in [-0.39, 0.29) is 11.4 Å². The SMILES string of the molecule is COc1ccccc1CC(=O)NCC(C)(C)N1CCS(=O)CC1. The van der Waals surface area contributed by atoms with Crippen molar-refractivity contribution in [1.29, 1.82) is 0 Å². The van der Waals surface area contributed by atoms with Crippen LogP contribution in [-0.4, -0.2) is 58.8 Å². The van der Waals surface area contributed by atoms with Gasteiger partial charge in [-0.05, 0) is 19.9 Å². The lowest BCUT2D eigenvalue weighted by Gasteiger charge is -2.40. The van der Waals surface area contributed by atoms with Crippen molar-refractivity contribution in [2.24, 2.45) is 0 Å². The Morgan fingerprint density at radius 2 is 1.96 bits per heavy atom. The predicted molar refractivity (Wildman–Crippen MR) is 93.2 cm³/mol. The Morgan fingerprint density at radius 3 is 2.61 bits per heavy atom. The fourth-order valence-electron chi connectivity index (χ4n) is 2.75. The molecule has 1 aliphatic heterocycles. The molecule has 1 N–H and O–H groups in total.